The summed E-state index contributed by atoms with van der Waals surface area (Å²) in [6, 6.07) is 35.5. The van der Waals surface area contributed by atoms with Gasteiger partial charge in [0, 0.05) is 18.1 Å². The Kier molecular flexibility index (Phi) is 7.20. The van der Waals surface area contributed by atoms with Gasteiger partial charge in [-0.05, 0) is 60.7 Å². The van der Waals surface area contributed by atoms with Gasteiger partial charge in [-0.1, -0.05) is 58.7 Å². The second kappa shape index (κ2) is 10.3. The first-order chi connectivity index (χ1) is 16.4. The number of hydrazone groups is 1. The highest BCUT2D eigenvalue weighted by molar-refractivity contribution is 8.08. The molecule has 0 bridgehead atoms. The molecule has 4 aromatic rings. The third kappa shape index (κ3) is 5.41. The lowest BCUT2D eigenvalue weighted by molar-refractivity contribution is 0.628. The molecule has 7 heteroatoms. The standard InChI is InChI=1S/C27H26FN3OPS/c1-34(2,32)31-33(25-14-8-4-9-15-25,26-16-10-5-11-17-26)27(22-18-20-23(28)21-19-22)30-29-24-12-6-3-7-13-24/h3-21,29H,1-2H3/q+1. The molecule has 34 heavy (non-hydrogen) atoms. The van der Waals surface area contributed by atoms with Crippen molar-refractivity contribution in [3.63, 3.8) is 0 Å². The highest BCUT2D eigenvalue weighted by Crippen LogP contribution is 2.61. The minimum absolute atomic E-state index is 0.339. The molecular weight excluding hydrogens is 464 g/mol. The lowest BCUT2D eigenvalue weighted by Crippen LogP contribution is -2.29. The lowest BCUT2D eigenvalue weighted by atomic mass is 10.2. The van der Waals surface area contributed by atoms with Gasteiger partial charge in [-0.2, -0.15) is 0 Å². The Hall–Kier alpha value is -3.34. The normalized spacial score (nSPS) is 12.3. The van der Waals surface area contributed by atoms with E-state index in [1.54, 1.807) is 24.6 Å². The van der Waals surface area contributed by atoms with Crippen LogP contribution in [0, 0.1) is 5.82 Å². The van der Waals surface area contributed by atoms with Crippen LogP contribution in [0.5, 0.6) is 0 Å². The van der Waals surface area contributed by atoms with Crippen LogP contribution in [-0.2, 0) is 9.73 Å². The number of hydrogen-bond acceptors (Lipinski definition) is 4. The third-order valence-corrected chi connectivity index (χ3v) is 10.7. The van der Waals surface area contributed by atoms with Gasteiger partial charge in [-0.3, -0.25) is 5.43 Å². The van der Waals surface area contributed by atoms with Gasteiger partial charge in [0.05, 0.1) is 15.4 Å². The van der Waals surface area contributed by atoms with Gasteiger partial charge >= 0.3 is 0 Å². The number of nitrogens with one attached hydrogen (secondary N) is 1. The average Bonchev–Trinajstić information content (AvgIpc) is 2.85. The molecule has 0 aromatic heterocycles. The van der Waals surface area contributed by atoms with Crippen LogP contribution in [0.4, 0.5) is 10.1 Å². The summed E-state index contributed by atoms with van der Waals surface area (Å²) in [7, 11) is -5.47. The summed E-state index contributed by atoms with van der Waals surface area (Å²) < 4.78 is 32.3. The molecule has 0 saturated carbocycles. The fourth-order valence-electron chi connectivity index (χ4n) is 3.66. The van der Waals surface area contributed by atoms with Gasteiger partial charge in [0.15, 0.2) is 0 Å². The van der Waals surface area contributed by atoms with Crippen molar-refractivity contribution < 1.29 is 8.60 Å². The van der Waals surface area contributed by atoms with Crippen molar-refractivity contribution in [2.75, 3.05) is 17.9 Å². The maximum Gasteiger partial charge on any atom is 0.261 e. The minimum atomic E-state index is -2.89. The van der Waals surface area contributed by atoms with E-state index in [0.29, 0.717) is 11.0 Å². The number of hydrogen-bond donors (Lipinski definition) is 1. The predicted octanol–water partition coefficient (Wildman–Crippen LogP) is 5.91. The second-order valence-corrected chi connectivity index (χ2v) is 13.7. The van der Waals surface area contributed by atoms with Crippen LogP contribution < -0.4 is 16.0 Å². The third-order valence-electron chi connectivity index (χ3n) is 5.05. The van der Waals surface area contributed by atoms with E-state index in [-0.39, 0.29) is 5.82 Å². The van der Waals surface area contributed by atoms with Crippen molar-refractivity contribution in [3.05, 3.63) is 127 Å². The molecule has 0 amide bonds. The van der Waals surface area contributed by atoms with Crippen molar-refractivity contribution in [2.24, 2.45) is 9.23 Å². The van der Waals surface area contributed by atoms with Gasteiger partial charge in [-0.15, -0.1) is 5.10 Å². The largest absolute Gasteiger partial charge is 0.275 e. The van der Waals surface area contributed by atoms with E-state index in [1.165, 1.54) is 12.1 Å². The van der Waals surface area contributed by atoms with Crippen molar-refractivity contribution in [1.82, 2.24) is 0 Å². The van der Waals surface area contributed by atoms with Crippen LogP contribution in [0.3, 0.4) is 0 Å². The quantitative estimate of drug-likeness (QED) is 0.199. The summed E-state index contributed by atoms with van der Waals surface area (Å²) in [5, 5.41) is 6.70. The monoisotopic (exact) mass is 490 g/mol. The number of halogens is 1. The predicted molar refractivity (Wildman–Crippen MR) is 144 cm³/mol. The Morgan fingerprint density at radius 2 is 1.21 bits per heavy atom. The van der Waals surface area contributed by atoms with Crippen LogP contribution in [0.2, 0.25) is 0 Å². The summed E-state index contributed by atoms with van der Waals surface area (Å²) >= 11 is 0. The topological polar surface area (TPSA) is 53.8 Å². The molecular formula is C27H26FN3OPS+. The smallest absolute Gasteiger partial charge is 0.261 e. The number of benzene rings is 4. The summed E-state index contributed by atoms with van der Waals surface area (Å²) in [5.74, 6) is -0.339. The molecule has 0 fully saturated rings. The first-order valence-electron chi connectivity index (χ1n) is 10.7. The Balaban J connectivity index is 2.09. The maximum absolute atomic E-state index is 13.9. The van der Waals surface area contributed by atoms with E-state index < -0.39 is 17.1 Å². The number of rotatable bonds is 7. The molecule has 172 valence electrons. The van der Waals surface area contributed by atoms with Crippen LogP contribution >= 0.6 is 7.41 Å². The van der Waals surface area contributed by atoms with E-state index in [2.05, 4.69) is 5.43 Å². The van der Waals surface area contributed by atoms with Crippen molar-refractivity contribution in [1.29, 1.82) is 0 Å². The van der Waals surface area contributed by atoms with Gasteiger partial charge in [-0.25, -0.2) is 8.60 Å². The molecule has 0 aliphatic rings. The Labute approximate surface area is 201 Å². The fourth-order valence-corrected chi connectivity index (χ4v) is 9.80. The van der Waals surface area contributed by atoms with Crippen LogP contribution in [-0.4, -0.2) is 22.2 Å². The highest BCUT2D eigenvalue weighted by Gasteiger charge is 2.52. The molecule has 0 spiro atoms. The fraction of sp³-hybridized carbons (Fsp3) is 0.0741. The zero-order valence-electron chi connectivity index (χ0n) is 19.0. The summed E-state index contributed by atoms with van der Waals surface area (Å²) in [6.45, 7) is 0. The molecule has 0 unspecified atom stereocenters. The van der Waals surface area contributed by atoms with E-state index in [4.69, 9.17) is 9.23 Å². The highest BCUT2D eigenvalue weighted by atomic mass is 32.2. The molecule has 4 rings (SSSR count). The average molecular weight is 491 g/mol. The molecule has 0 radical (unpaired) electrons. The van der Waals surface area contributed by atoms with Crippen molar-refractivity contribution in [2.45, 2.75) is 0 Å². The molecule has 0 aliphatic heterocycles. The molecule has 1 N–H and O–H groups in total. The molecule has 0 atom stereocenters. The Bertz CT molecular complexity index is 1340. The molecule has 4 nitrogen and oxygen atoms in total. The van der Waals surface area contributed by atoms with E-state index in [0.717, 1.165) is 16.3 Å². The van der Waals surface area contributed by atoms with Crippen molar-refractivity contribution in [3.8, 4) is 0 Å². The van der Waals surface area contributed by atoms with Crippen molar-refractivity contribution >= 4 is 38.9 Å². The minimum Gasteiger partial charge on any atom is -0.275 e. The summed E-state index contributed by atoms with van der Waals surface area (Å²) in [6.07, 6.45) is 3.28. The number of nitrogens with zero attached hydrogens (tertiary/aromatic N) is 2. The van der Waals surface area contributed by atoms with E-state index in [1.807, 2.05) is 91.0 Å². The van der Waals surface area contributed by atoms with Crippen LogP contribution in [0.15, 0.2) is 124 Å². The van der Waals surface area contributed by atoms with Gasteiger partial charge in [0.2, 0.25) is 5.45 Å². The maximum atomic E-state index is 13.9. The number of anilines is 1. The first-order valence-corrected chi connectivity index (χ1v) is 14.8. The molecule has 0 aliphatic carbocycles. The van der Waals surface area contributed by atoms with Gasteiger partial charge < -0.3 is 0 Å². The van der Waals surface area contributed by atoms with E-state index >= 15 is 0 Å². The van der Waals surface area contributed by atoms with E-state index in [9.17, 15) is 8.60 Å². The first kappa shape index (κ1) is 23.8. The number of para-hydroxylation sites is 1. The van der Waals surface area contributed by atoms with Crippen LogP contribution in [0.25, 0.3) is 0 Å². The SMILES string of the molecule is CS(C)(=O)=N[P+](C(=NNc1ccccc1)c1ccc(F)cc1)(c1ccccc1)c1ccccc1. The Morgan fingerprint density at radius 3 is 1.68 bits per heavy atom. The van der Waals surface area contributed by atoms with Gasteiger partial charge in [0.1, 0.15) is 16.4 Å². The molecule has 0 heterocycles. The molecule has 4 aromatic carbocycles. The molecule has 0 saturated heterocycles. The van der Waals surface area contributed by atoms with Crippen LogP contribution in [0.1, 0.15) is 5.56 Å². The van der Waals surface area contributed by atoms with Gasteiger partial charge in [0.25, 0.3) is 7.41 Å². The lowest BCUT2D eigenvalue weighted by Gasteiger charge is -2.23. The zero-order valence-corrected chi connectivity index (χ0v) is 20.7. The summed E-state index contributed by atoms with van der Waals surface area (Å²) in [5.41, 5.74) is 5.28. The second-order valence-electron chi connectivity index (χ2n) is 7.99. The Morgan fingerprint density at radius 1 is 0.735 bits per heavy atom. The summed E-state index contributed by atoms with van der Waals surface area (Å²) in [4.78, 5) is 0. The zero-order chi connectivity index (χ0) is 24.0.